The number of aliphatic carboxylic acids is 1. The van der Waals surface area contributed by atoms with Crippen molar-refractivity contribution in [3.8, 4) is 0 Å². The first-order valence-corrected chi connectivity index (χ1v) is 9.70. The Kier molecular flexibility index (Phi) is 4.85. The van der Waals surface area contributed by atoms with Gasteiger partial charge in [0.05, 0.1) is 11.1 Å². The van der Waals surface area contributed by atoms with Crippen LogP contribution in [-0.2, 0) is 15.0 Å². The maximum absolute atomic E-state index is 12.2. The first-order valence-electron chi connectivity index (χ1n) is 9.33. The monoisotopic (exact) mass is 377 g/mol. The molecule has 0 bridgehead atoms. The van der Waals surface area contributed by atoms with Crippen LogP contribution in [0.3, 0.4) is 0 Å². The van der Waals surface area contributed by atoms with Crippen molar-refractivity contribution in [1.29, 1.82) is 0 Å². The molecule has 2 aliphatic carbocycles. The summed E-state index contributed by atoms with van der Waals surface area (Å²) in [6, 6.07) is 4.20. The third kappa shape index (κ3) is 2.74. The largest absolute Gasteiger partial charge is 0.481 e. The Hall–Kier alpha value is -1.55. The van der Waals surface area contributed by atoms with Crippen molar-refractivity contribution in [2.24, 2.45) is 16.5 Å². The molecule has 3 rings (SSSR count). The lowest BCUT2D eigenvalue weighted by Crippen LogP contribution is -2.53. The number of fused-ring (bicyclic) bond motifs is 3. The normalized spacial score (nSPS) is 32.3. The van der Waals surface area contributed by atoms with Crippen molar-refractivity contribution >= 4 is 23.3 Å². The van der Waals surface area contributed by atoms with Gasteiger partial charge in [0, 0.05) is 10.6 Å². The van der Waals surface area contributed by atoms with Crippen molar-refractivity contribution in [3.63, 3.8) is 0 Å². The second-order valence-electron chi connectivity index (χ2n) is 8.55. The molecule has 1 saturated carbocycles. The number of hydrogen-bond donors (Lipinski definition) is 1. The van der Waals surface area contributed by atoms with Crippen LogP contribution in [0.1, 0.15) is 76.0 Å². The maximum Gasteiger partial charge on any atom is 0.309 e. The fraction of sp³-hybridized carbons (Fsp3) is 0.619. The van der Waals surface area contributed by atoms with E-state index in [-0.39, 0.29) is 11.3 Å². The van der Waals surface area contributed by atoms with Crippen molar-refractivity contribution in [2.45, 2.75) is 64.7 Å². The van der Waals surface area contributed by atoms with Gasteiger partial charge in [0.1, 0.15) is 7.11 Å². The average Bonchev–Trinajstić information content (AvgIpc) is 2.55. The zero-order chi connectivity index (χ0) is 19.3. The molecule has 0 amide bonds. The summed E-state index contributed by atoms with van der Waals surface area (Å²) in [5.41, 5.74) is 2.97. The molecule has 0 spiro atoms. The van der Waals surface area contributed by atoms with E-state index in [1.165, 1.54) is 7.11 Å². The number of hydrogen-bond acceptors (Lipinski definition) is 3. The SMILES string of the molecule is CO/N=C1/CC2[C@](C)(C(=O)O)CCC[C@]2(C)c2c(Cl)cc(C(C)C)cc21. The summed E-state index contributed by atoms with van der Waals surface area (Å²) >= 11 is 6.80. The molecule has 0 heterocycles. The van der Waals surface area contributed by atoms with Crippen LogP contribution >= 0.6 is 11.6 Å². The summed E-state index contributed by atoms with van der Waals surface area (Å²) in [4.78, 5) is 17.3. The van der Waals surface area contributed by atoms with Gasteiger partial charge in [-0.3, -0.25) is 4.79 Å². The topological polar surface area (TPSA) is 58.9 Å². The van der Waals surface area contributed by atoms with Gasteiger partial charge in [-0.1, -0.05) is 43.9 Å². The van der Waals surface area contributed by atoms with E-state index >= 15 is 0 Å². The number of nitrogens with zero attached hydrogens (tertiary/aromatic N) is 1. The molecule has 4 nitrogen and oxygen atoms in total. The standard InChI is InChI=1S/C21H28ClNO3/c1-12(2)13-9-14-16(23-26-5)11-17-20(3,18(14)15(22)10-13)7-6-8-21(17,4)19(24)25/h9-10,12,17H,6-8,11H2,1-5H3,(H,24,25)/b23-16-/t17?,20-,21+/m0/s1. The Morgan fingerprint density at radius 3 is 2.62 bits per heavy atom. The number of benzene rings is 1. The van der Waals surface area contributed by atoms with Crippen molar-refractivity contribution in [2.75, 3.05) is 7.11 Å². The van der Waals surface area contributed by atoms with E-state index in [2.05, 4.69) is 32.0 Å². The lowest BCUT2D eigenvalue weighted by atomic mass is 9.49. The summed E-state index contributed by atoms with van der Waals surface area (Å²) in [5.74, 6) is -0.448. The highest BCUT2D eigenvalue weighted by molar-refractivity contribution is 6.32. The third-order valence-corrected chi connectivity index (χ3v) is 6.98. The van der Waals surface area contributed by atoms with E-state index in [1.54, 1.807) is 0 Å². The molecule has 0 radical (unpaired) electrons. The van der Waals surface area contributed by atoms with Gasteiger partial charge in [0.25, 0.3) is 0 Å². The van der Waals surface area contributed by atoms with Crippen LogP contribution in [-0.4, -0.2) is 23.9 Å². The molecule has 3 atom stereocenters. The molecule has 0 aliphatic heterocycles. The molecule has 1 N–H and O–H groups in total. The smallest absolute Gasteiger partial charge is 0.309 e. The third-order valence-electron chi connectivity index (χ3n) is 6.68. The van der Waals surface area contributed by atoms with Crippen molar-refractivity contribution in [3.05, 3.63) is 33.8 Å². The predicted molar refractivity (Wildman–Crippen MR) is 104 cm³/mol. The van der Waals surface area contributed by atoms with Gasteiger partial charge in [-0.05, 0) is 66.7 Å². The van der Waals surface area contributed by atoms with Gasteiger partial charge in [-0.25, -0.2) is 0 Å². The molecule has 26 heavy (non-hydrogen) atoms. The van der Waals surface area contributed by atoms with Gasteiger partial charge in [0.15, 0.2) is 0 Å². The molecular weight excluding hydrogens is 350 g/mol. The fourth-order valence-electron chi connectivity index (χ4n) is 5.15. The molecule has 2 aliphatic rings. The number of carbonyl (C=O) groups is 1. The molecule has 1 aromatic carbocycles. The van der Waals surface area contributed by atoms with Crippen molar-refractivity contribution < 1.29 is 14.7 Å². The summed E-state index contributed by atoms with van der Waals surface area (Å²) < 4.78 is 0. The van der Waals surface area contributed by atoms with E-state index in [0.29, 0.717) is 18.8 Å². The molecule has 0 saturated heterocycles. The summed E-state index contributed by atoms with van der Waals surface area (Å²) in [6.07, 6.45) is 3.10. The summed E-state index contributed by atoms with van der Waals surface area (Å²) in [6.45, 7) is 8.34. The predicted octanol–water partition coefficient (Wildman–Crippen LogP) is 5.37. The molecular formula is C21H28ClNO3. The lowest BCUT2D eigenvalue weighted by molar-refractivity contribution is -0.156. The van der Waals surface area contributed by atoms with Gasteiger partial charge in [-0.15, -0.1) is 0 Å². The first-order chi connectivity index (χ1) is 12.1. The Bertz CT molecular complexity index is 773. The van der Waals surface area contributed by atoms with E-state index in [0.717, 1.165) is 40.3 Å². The molecule has 1 aromatic rings. The zero-order valence-electron chi connectivity index (χ0n) is 16.2. The van der Waals surface area contributed by atoms with E-state index in [1.807, 2.05) is 13.0 Å². The first kappa shape index (κ1) is 19.2. The Labute approximate surface area is 160 Å². The number of carboxylic acid groups (broad SMARTS) is 1. The van der Waals surface area contributed by atoms with Crippen LogP contribution < -0.4 is 0 Å². The van der Waals surface area contributed by atoms with Gasteiger partial charge < -0.3 is 9.94 Å². The van der Waals surface area contributed by atoms with Crippen LogP contribution in [0.25, 0.3) is 0 Å². The number of carboxylic acids is 1. The van der Waals surface area contributed by atoms with E-state index < -0.39 is 11.4 Å². The molecule has 142 valence electrons. The van der Waals surface area contributed by atoms with E-state index in [4.69, 9.17) is 16.4 Å². The van der Waals surface area contributed by atoms with Crippen LogP contribution in [0.2, 0.25) is 5.02 Å². The van der Waals surface area contributed by atoms with Crippen LogP contribution in [0, 0.1) is 11.3 Å². The van der Waals surface area contributed by atoms with Crippen molar-refractivity contribution in [1.82, 2.24) is 0 Å². The van der Waals surface area contributed by atoms with Crippen LogP contribution in [0.4, 0.5) is 0 Å². The quantitative estimate of drug-likeness (QED) is 0.720. The molecule has 5 heteroatoms. The second-order valence-corrected chi connectivity index (χ2v) is 8.96. The summed E-state index contributed by atoms with van der Waals surface area (Å²) in [5, 5.41) is 15.0. The van der Waals surface area contributed by atoms with E-state index in [9.17, 15) is 9.90 Å². The van der Waals surface area contributed by atoms with Crippen LogP contribution in [0.15, 0.2) is 17.3 Å². The highest BCUT2D eigenvalue weighted by Crippen LogP contribution is 2.58. The molecule has 1 fully saturated rings. The highest BCUT2D eigenvalue weighted by atomic mass is 35.5. The number of rotatable bonds is 3. The Balaban J connectivity index is 2.28. The Morgan fingerprint density at radius 1 is 1.35 bits per heavy atom. The minimum absolute atomic E-state index is 0.0648. The van der Waals surface area contributed by atoms with Gasteiger partial charge in [-0.2, -0.15) is 0 Å². The fourth-order valence-corrected chi connectivity index (χ4v) is 5.59. The number of halogens is 1. The summed E-state index contributed by atoms with van der Waals surface area (Å²) in [7, 11) is 1.53. The second kappa shape index (κ2) is 6.56. The minimum atomic E-state index is -0.792. The van der Waals surface area contributed by atoms with Gasteiger partial charge >= 0.3 is 5.97 Å². The minimum Gasteiger partial charge on any atom is -0.481 e. The van der Waals surface area contributed by atoms with Gasteiger partial charge in [0.2, 0.25) is 0 Å². The Morgan fingerprint density at radius 2 is 2.04 bits per heavy atom. The average molecular weight is 378 g/mol. The molecule has 0 aromatic heterocycles. The molecule has 1 unspecified atom stereocenters. The maximum atomic E-state index is 12.2. The zero-order valence-corrected chi connectivity index (χ0v) is 17.0. The highest BCUT2D eigenvalue weighted by Gasteiger charge is 2.57. The van der Waals surface area contributed by atoms with Crippen LogP contribution in [0.5, 0.6) is 0 Å². The number of oxime groups is 1. The lowest BCUT2D eigenvalue weighted by Gasteiger charge is -2.53.